The number of hydrogen-bond donors (Lipinski definition) is 2. The van der Waals surface area contributed by atoms with E-state index >= 15 is 0 Å². The molecule has 2 amide bonds. The molecule has 182 valence electrons. The van der Waals surface area contributed by atoms with E-state index in [1.165, 1.54) is 24.7 Å². The predicted molar refractivity (Wildman–Crippen MR) is 139 cm³/mol. The van der Waals surface area contributed by atoms with E-state index in [-0.39, 0.29) is 6.54 Å². The Morgan fingerprint density at radius 2 is 1.78 bits per heavy atom. The number of carbonyl (C=O) groups excluding carboxylic acids is 3. The van der Waals surface area contributed by atoms with Crippen molar-refractivity contribution in [3.05, 3.63) is 93.8 Å². The molecule has 36 heavy (non-hydrogen) atoms. The Balaban J connectivity index is 1.30. The zero-order valence-electron chi connectivity index (χ0n) is 19.0. The lowest BCUT2D eigenvalue weighted by molar-refractivity contribution is -0.120. The van der Waals surface area contributed by atoms with Crippen LogP contribution in [0, 0.1) is 0 Å². The largest absolute Gasteiger partial charge is 0.497 e. The fraction of sp³-hybridized carbons (Fsp3) is 0.0769. The molecule has 8 nitrogen and oxygen atoms in total. The normalized spacial score (nSPS) is 10.8. The van der Waals surface area contributed by atoms with Gasteiger partial charge in [-0.15, -0.1) is 11.3 Å². The van der Waals surface area contributed by atoms with Crippen LogP contribution in [0.1, 0.15) is 25.6 Å². The van der Waals surface area contributed by atoms with Gasteiger partial charge in [-0.3, -0.25) is 9.59 Å². The van der Waals surface area contributed by atoms with Gasteiger partial charge in [0.25, 0.3) is 11.8 Å². The topological polar surface area (TPSA) is 106 Å². The molecule has 0 unspecified atom stereocenters. The lowest BCUT2D eigenvalue weighted by Gasteiger charge is -2.05. The summed E-state index contributed by atoms with van der Waals surface area (Å²) in [7, 11) is 1.53. The maximum atomic E-state index is 12.7. The third-order valence-electron chi connectivity index (χ3n) is 4.95. The average Bonchev–Trinajstić information content (AvgIpc) is 3.24. The minimum atomic E-state index is -0.559. The summed E-state index contributed by atoms with van der Waals surface area (Å²) in [6.07, 6.45) is 1.40. The Bertz CT molecular complexity index is 1450. The summed E-state index contributed by atoms with van der Waals surface area (Å²) in [6, 6.07) is 20.6. The molecule has 0 radical (unpaired) electrons. The number of esters is 1. The fourth-order valence-electron chi connectivity index (χ4n) is 3.18. The molecule has 2 N–H and O–H groups in total. The monoisotopic (exact) mass is 521 g/mol. The summed E-state index contributed by atoms with van der Waals surface area (Å²) in [5.74, 6) is -0.534. The maximum absolute atomic E-state index is 12.7. The molecule has 0 aliphatic rings. The highest BCUT2D eigenvalue weighted by Crippen LogP contribution is 2.35. The van der Waals surface area contributed by atoms with Crippen LogP contribution in [0.5, 0.6) is 11.5 Å². The van der Waals surface area contributed by atoms with Crippen LogP contribution >= 0.6 is 22.9 Å². The number of amides is 2. The molecule has 4 aromatic rings. The van der Waals surface area contributed by atoms with E-state index in [1.807, 2.05) is 24.3 Å². The van der Waals surface area contributed by atoms with E-state index < -0.39 is 17.8 Å². The van der Waals surface area contributed by atoms with Crippen molar-refractivity contribution in [1.29, 1.82) is 0 Å². The van der Waals surface area contributed by atoms with Crippen molar-refractivity contribution in [2.75, 3.05) is 13.7 Å². The second kappa shape index (κ2) is 11.5. The minimum absolute atomic E-state index is 0.254. The number of nitrogens with zero attached hydrogens (tertiary/aromatic N) is 1. The van der Waals surface area contributed by atoms with Gasteiger partial charge in [-0.05, 0) is 48.0 Å². The van der Waals surface area contributed by atoms with Gasteiger partial charge in [0.2, 0.25) is 0 Å². The molecule has 10 heteroatoms. The lowest BCUT2D eigenvalue weighted by atomic mass is 10.2. The smallest absolute Gasteiger partial charge is 0.355 e. The van der Waals surface area contributed by atoms with Crippen LogP contribution in [0.15, 0.2) is 77.9 Å². The zero-order valence-corrected chi connectivity index (χ0v) is 20.6. The molecule has 4 rings (SSSR count). The quantitative estimate of drug-likeness (QED) is 0.152. The van der Waals surface area contributed by atoms with Crippen LogP contribution in [0.25, 0.3) is 10.1 Å². The number of fused-ring (bicyclic) bond motifs is 1. The van der Waals surface area contributed by atoms with Gasteiger partial charge in [-0.1, -0.05) is 41.9 Å². The number of thiophene rings is 1. The molecule has 1 heterocycles. The number of carbonyl (C=O) groups is 3. The van der Waals surface area contributed by atoms with Crippen LogP contribution < -0.4 is 20.2 Å². The van der Waals surface area contributed by atoms with Crippen molar-refractivity contribution in [3.63, 3.8) is 0 Å². The lowest BCUT2D eigenvalue weighted by Crippen LogP contribution is -2.34. The van der Waals surface area contributed by atoms with Crippen molar-refractivity contribution in [3.8, 4) is 11.5 Å². The first-order valence-electron chi connectivity index (χ1n) is 10.7. The number of hydrogen-bond acceptors (Lipinski definition) is 7. The summed E-state index contributed by atoms with van der Waals surface area (Å²) in [5, 5.41) is 7.56. The summed E-state index contributed by atoms with van der Waals surface area (Å²) in [5.41, 5.74) is 3.32. The van der Waals surface area contributed by atoms with Crippen LogP contribution in [0.2, 0.25) is 5.02 Å². The molecule has 0 fully saturated rings. The van der Waals surface area contributed by atoms with E-state index in [2.05, 4.69) is 15.8 Å². The molecular weight excluding hydrogens is 502 g/mol. The number of halogens is 1. The Labute approximate surface area is 215 Å². The number of nitrogens with one attached hydrogen (secondary N) is 2. The van der Waals surface area contributed by atoms with E-state index in [0.29, 0.717) is 32.5 Å². The summed E-state index contributed by atoms with van der Waals surface area (Å²) in [6.45, 7) is -0.254. The van der Waals surface area contributed by atoms with Gasteiger partial charge in [0, 0.05) is 15.6 Å². The highest BCUT2D eigenvalue weighted by molar-refractivity contribution is 7.21. The molecule has 0 aliphatic heterocycles. The van der Waals surface area contributed by atoms with Gasteiger partial charge in [0.15, 0.2) is 0 Å². The van der Waals surface area contributed by atoms with Gasteiger partial charge in [0.1, 0.15) is 16.4 Å². The Kier molecular flexibility index (Phi) is 7.94. The number of hydrazone groups is 1. The van der Waals surface area contributed by atoms with E-state index in [0.717, 1.165) is 10.1 Å². The third-order valence-corrected chi connectivity index (χ3v) is 6.61. The van der Waals surface area contributed by atoms with Crippen molar-refractivity contribution in [2.45, 2.75) is 0 Å². The molecule has 3 aromatic carbocycles. The Morgan fingerprint density at radius 3 is 2.53 bits per heavy atom. The van der Waals surface area contributed by atoms with Crippen LogP contribution in [0.3, 0.4) is 0 Å². The van der Waals surface area contributed by atoms with Crippen molar-refractivity contribution >= 4 is 57.0 Å². The molecule has 0 saturated heterocycles. The Hall–Kier alpha value is -4.21. The third kappa shape index (κ3) is 6.07. The predicted octanol–water partition coefficient (Wildman–Crippen LogP) is 4.66. The molecule has 0 saturated carbocycles. The molecule has 1 aromatic heterocycles. The van der Waals surface area contributed by atoms with Gasteiger partial charge in [-0.2, -0.15) is 5.10 Å². The summed E-state index contributed by atoms with van der Waals surface area (Å²) < 4.78 is 11.4. The van der Waals surface area contributed by atoms with Gasteiger partial charge in [-0.25, -0.2) is 10.2 Å². The van der Waals surface area contributed by atoms with E-state index in [4.69, 9.17) is 21.1 Å². The van der Waals surface area contributed by atoms with Crippen LogP contribution in [-0.4, -0.2) is 37.7 Å². The second-order valence-electron chi connectivity index (χ2n) is 7.41. The Morgan fingerprint density at radius 1 is 1.00 bits per heavy atom. The molecular formula is C26H20ClN3O5S. The number of rotatable bonds is 8. The fourth-order valence-corrected chi connectivity index (χ4v) is 4.57. The highest BCUT2D eigenvalue weighted by atomic mass is 35.5. The van der Waals surface area contributed by atoms with Gasteiger partial charge in [0.05, 0.1) is 24.9 Å². The number of methoxy groups -OCH3 is 1. The molecule has 0 aliphatic carbocycles. The first kappa shape index (κ1) is 24.9. The van der Waals surface area contributed by atoms with Crippen molar-refractivity contribution < 1.29 is 23.9 Å². The minimum Gasteiger partial charge on any atom is -0.497 e. The number of ether oxygens (including phenoxy) is 2. The second-order valence-corrected chi connectivity index (χ2v) is 8.84. The van der Waals surface area contributed by atoms with Crippen molar-refractivity contribution in [2.24, 2.45) is 5.10 Å². The molecule has 0 bridgehead atoms. The standard InChI is InChI=1S/C26H20ClN3O5S/c1-34-18-11-9-17(10-12-18)25(32)28-15-22(31)30-29-14-16-5-4-6-19(13-16)35-26(33)24-23(27)20-7-2-3-8-21(20)36-24/h2-14H,15H2,1H3,(H,28,32)(H,30,31)/b29-14-. The zero-order chi connectivity index (χ0) is 25.5. The average molecular weight is 522 g/mol. The first-order valence-corrected chi connectivity index (χ1v) is 11.9. The summed E-state index contributed by atoms with van der Waals surface area (Å²) >= 11 is 7.62. The van der Waals surface area contributed by atoms with Crippen LogP contribution in [0.4, 0.5) is 0 Å². The van der Waals surface area contributed by atoms with Gasteiger partial charge >= 0.3 is 5.97 Å². The van der Waals surface area contributed by atoms with Crippen molar-refractivity contribution in [1.82, 2.24) is 10.7 Å². The maximum Gasteiger partial charge on any atom is 0.355 e. The van der Waals surface area contributed by atoms with Gasteiger partial charge < -0.3 is 14.8 Å². The number of benzene rings is 3. The van der Waals surface area contributed by atoms with E-state index in [9.17, 15) is 14.4 Å². The van der Waals surface area contributed by atoms with E-state index in [1.54, 1.807) is 48.5 Å². The summed E-state index contributed by atoms with van der Waals surface area (Å²) in [4.78, 5) is 37.1. The SMILES string of the molecule is COc1ccc(C(=O)NCC(=O)N/N=C\c2cccc(OC(=O)c3sc4ccccc4c3Cl)c2)cc1. The highest BCUT2D eigenvalue weighted by Gasteiger charge is 2.19. The molecule has 0 spiro atoms. The van der Waals surface area contributed by atoms with Crippen LogP contribution in [-0.2, 0) is 4.79 Å². The molecule has 0 atom stereocenters. The first-order chi connectivity index (χ1) is 17.4.